The number of carbonyl (C=O) groups is 1. The molecule has 2 aromatic rings. The minimum atomic E-state index is -0.704. The molecular formula is C14H16ClN5O. The van der Waals surface area contributed by atoms with Crippen molar-refractivity contribution in [3.8, 4) is 0 Å². The van der Waals surface area contributed by atoms with Crippen LogP contribution in [0.3, 0.4) is 0 Å². The molecule has 7 heteroatoms. The molecule has 1 aromatic heterocycles. The van der Waals surface area contributed by atoms with Crippen LogP contribution in [0.4, 0.5) is 4.79 Å². The van der Waals surface area contributed by atoms with Gasteiger partial charge in [-0.3, -0.25) is 4.68 Å². The van der Waals surface area contributed by atoms with E-state index < -0.39 is 6.03 Å². The van der Waals surface area contributed by atoms with Crippen molar-refractivity contribution >= 4 is 23.8 Å². The molecule has 0 saturated heterocycles. The molecule has 0 aliphatic rings. The van der Waals surface area contributed by atoms with E-state index in [-0.39, 0.29) is 0 Å². The number of primary amides is 1. The van der Waals surface area contributed by atoms with Gasteiger partial charge in [-0.25, -0.2) is 10.2 Å². The Labute approximate surface area is 127 Å². The molecule has 1 heterocycles. The van der Waals surface area contributed by atoms with E-state index in [4.69, 9.17) is 17.3 Å². The molecule has 0 atom stereocenters. The summed E-state index contributed by atoms with van der Waals surface area (Å²) in [4.78, 5) is 10.6. The third-order valence-electron chi connectivity index (χ3n) is 3.08. The Morgan fingerprint density at radius 3 is 2.86 bits per heavy atom. The summed E-state index contributed by atoms with van der Waals surface area (Å²) >= 11 is 6.16. The van der Waals surface area contributed by atoms with Gasteiger partial charge in [0.2, 0.25) is 0 Å². The van der Waals surface area contributed by atoms with E-state index in [2.05, 4.69) is 15.6 Å². The number of nitrogens with zero attached hydrogens (tertiary/aromatic N) is 3. The van der Waals surface area contributed by atoms with Gasteiger partial charge in [-0.2, -0.15) is 10.2 Å². The standard InChI is InChI=1S/C14H16ClN5O/c1-9-12(7-17-18-14(16)21)10(2)20(19-9)8-11-5-3-4-6-13(11)15/h3-7H,8H2,1-2H3,(H3,16,18,21). The fourth-order valence-corrected chi connectivity index (χ4v) is 2.20. The first-order chi connectivity index (χ1) is 9.99. The molecule has 0 saturated carbocycles. The van der Waals surface area contributed by atoms with Gasteiger partial charge < -0.3 is 5.73 Å². The molecule has 2 rings (SSSR count). The summed E-state index contributed by atoms with van der Waals surface area (Å²) in [7, 11) is 0. The van der Waals surface area contributed by atoms with Gasteiger partial charge in [0, 0.05) is 16.3 Å². The summed E-state index contributed by atoms with van der Waals surface area (Å²) in [5, 5.41) is 8.94. The van der Waals surface area contributed by atoms with Gasteiger partial charge in [-0.1, -0.05) is 29.8 Å². The van der Waals surface area contributed by atoms with Crippen molar-refractivity contribution in [1.82, 2.24) is 15.2 Å². The Balaban J connectivity index is 2.25. The zero-order valence-corrected chi connectivity index (χ0v) is 12.6. The van der Waals surface area contributed by atoms with E-state index >= 15 is 0 Å². The third-order valence-corrected chi connectivity index (χ3v) is 3.45. The number of rotatable bonds is 4. The predicted octanol–water partition coefficient (Wildman–Crippen LogP) is 2.20. The lowest BCUT2D eigenvalue weighted by Crippen LogP contribution is -2.24. The highest BCUT2D eigenvalue weighted by atomic mass is 35.5. The summed E-state index contributed by atoms with van der Waals surface area (Å²) in [6.45, 7) is 4.38. The maximum atomic E-state index is 10.6. The van der Waals surface area contributed by atoms with Crippen molar-refractivity contribution in [2.24, 2.45) is 10.8 Å². The van der Waals surface area contributed by atoms with Crippen LogP contribution in [0.5, 0.6) is 0 Å². The molecule has 3 N–H and O–H groups in total. The van der Waals surface area contributed by atoms with Crippen molar-refractivity contribution in [2.75, 3.05) is 0 Å². The number of hydrazone groups is 1. The number of amides is 2. The number of carbonyl (C=O) groups excluding carboxylic acids is 1. The number of aryl methyl sites for hydroxylation is 1. The minimum absolute atomic E-state index is 0.573. The molecule has 0 spiro atoms. The molecular weight excluding hydrogens is 290 g/mol. The Morgan fingerprint density at radius 1 is 1.48 bits per heavy atom. The van der Waals surface area contributed by atoms with Crippen LogP contribution in [0.2, 0.25) is 5.02 Å². The number of hydrogen-bond donors (Lipinski definition) is 2. The van der Waals surface area contributed by atoms with E-state index in [1.165, 1.54) is 6.21 Å². The fraction of sp³-hybridized carbons (Fsp3) is 0.214. The highest BCUT2D eigenvalue weighted by molar-refractivity contribution is 6.31. The SMILES string of the molecule is Cc1nn(Cc2ccccc2Cl)c(C)c1C=NNC(N)=O. The average molecular weight is 306 g/mol. The first kappa shape index (κ1) is 15.1. The Hall–Kier alpha value is -2.34. The molecule has 0 fully saturated rings. The van der Waals surface area contributed by atoms with Gasteiger partial charge in [0.05, 0.1) is 18.5 Å². The van der Waals surface area contributed by atoms with Gasteiger partial charge in [0.25, 0.3) is 0 Å². The lowest BCUT2D eigenvalue weighted by Gasteiger charge is -2.06. The van der Waals surface area contributed by atoms with E-state index in [0.717, 1.165) is 22.5 Å². The van der Waals surface area contributed by atoms with E-state index in [9.17, 15) is 4.79 Å². The van der Waals surface area contributed by atoms with Crippen LogP contribution in [0.15, 0.2) is 29.4 Å². The number of hydrogen-bond acceptors (Lipinski definition) is 3. The second-order valence-corrected chi connectivity index (χ2v) is 4.98. The smallest absolute Gasteiger partial charge is 0.332 e. The predicted molar refractivity (Wildman–Crippen MR) is 82.6 cm³/mol. The zero-order chi connectivity index (χ0) is 15.4. The number of nitrogens with one attached hydrogen (secondary N) is 1. The second-order valence-electron chi connectivity index (χ2n) is 4.57. The summed E-state index contributed by atoms with van der Waals surface area (Å²) in [6.07, 6.45) is 1.53. The fourth-order valence-electron chi connectivity index (χ4n) is 2.00. The van der Waals surface area contributed by atoms with E-state index in [1.54, 1.807) is 0 Å². The molecule has 0 radical (unpaired) electrons. The van der Waals surface area contributed by atoms with Crippen molar-refractivity contribution < 1.29 is 4.79 Å². The van der Waals surface area contributed by atoms with Gasteiger partial charge in [0.15, 0.2) is 0 Å². The van der Waals surface area contributed by atoms with Crippen LogP contribution < -0.4 is 11.2 Å². The summed E-state index contributed by atoms with van der Waals surface area (Å²) in [6, 6.07) is 6.93. The summed E-state index contributed by atoms with van der Waals surface area (Å²) in [5.74, 6) is 0. The van der Waals surface area contributed by atoms with Crippen LogP contribution >= 0.6 is 11.6 Å². The van der Waals surface area contributed by atoms with E-state index in [1.807, 2.05) is 42.8 Å². The highest BCUT2D eigenvalue weighted by Crippen LogP contribution is 2.18. The van der Waals surface area contributed by atoms with Gasteiger partial charge in [-0.15, -0.1) is 0 Å². The molecule has 0 unspecified atom stereocenters. The molecule has 21 heavy (non-hydrogen) atoms. The minimum Gasteiger partial charge on any atom is -0.350 e. The quantitative estimate of drug-likeness (QED) is 0.670. The monoisotopic (exact) mass is 305 g/mol. The number of benzene rings is 1. The topological polar surface area (TPSA) is 85.3 Å². The van der Waals surface area contributed by atoms with Crippen molar-refractivity contribution in [3.05, 3.63) is 51.8 Å². The molecule has 0 aliphatic carbocycles. The lowest BCUT2D eigenvalue weighted by molar-refractivity contribution is 0.249. The molecule has 0 aliphatic heterocycles. The molecule has 1 aromatic carbocycles. The lowest BCUT2D eigenvalue weighted by atomic mass is 10.2. The summed E-state index contributed by atoms with van der Waals surface area (Å²) in [5.41, 5.74) is 10.7. The van der Waals surface area contributed by atoms with Gasteiger partial charge in [-0.05, 0) is 25.5 Å². The molecule has 0 bridgehead atoms. The first-order valence-corrected chi connectivity index (χ1v) is 6.72. The largest absolute Gasteiger partial charge is 0.350 e. The van der Waals surface area contributed by atoms with Crippen LogP contribution in [0.25, 0.3) is 0 Å². The maximum Gasteiger partial charge on any atom is 0.332 e. The van der Waals surface area contributed by atoms with Gasteiger partial charge in [0.1, 0.15) is 0 Å². The third kappa shape index (κ3) is 3.61. The van der Waals surface area contributed by atoms with Gasteiger partial charge >= 0.3 is 6.03 Å². The Kier molecular flexibility index (Phi) is 4.59. The summed E-state index contributed by atoms with van der Waals surface area (Å²) < 4.78 is 1.85. The Bertz CT molecular complexity index is 693. The zero-order valence-electron chi connectivity index (χ0n) is 11.8. The Morgan fingerprint density at radius 2 is 2.19 bits per heavy atom. The maximum absolute atomic E-state index is 10.6. The second kappa shape index (κ2) is 6.41. The number of urea groups is 1. The van der Waals surface area contributed by atoms with Crippen molar-refractivity contribution in [2.45, 2.75) is 20.4 Å². The average Bonchev–Trinajstić information content (AvgIpc) is 2.68. The van der Waals surface area contributed by atoms with E-state index in [0.29, 0.717) is 11.6 Å². The van der Waals surface area contributed by atoms with Crippen LogP contribution in [0.1, 0.15) is 22.5 Å². The van der Waals surface area contributed by atoms with Crippen molar-refractivity contribution in [3.63, 3.8) is 0 Å². The van der Waals surface area contributed by atoms with Crippen molar-refractivity contribution in [1.29, 1.82) is 0 Å². The van der Waals surface area contributed by atoms with Crippen LogP contribution in [-0.2, 0) is 6.54 Å². The first-order valence-electron chi connectivity index (χ1n) is 6.35. The number of aromatic nitrogens is 2. The highest BCUT2D eigenvalue weighted by Gasteiger charge is 2.11. The normalized spacial score (nSPS) is 11.0. The molecule has 110 valence electrons. The van der Waals surface area contributed by atoms with Crippen LogP contribution in [-0.4, -0.2) is 22.0 Å². The molecule has 6 nitrogen and oxygen atoms in total. The number of nitrogens with two attached hydrogens (primary N) is 1. The van der Waals surface area contributed by atoms with Crippen LogP contribution in [0, 0.1) is 13.8 Å². The number of halogens is 1. The molecule has 2 amide bonds.